The van der Waals surface area contributed by atoms with Gasteiger partial charge in [0.1, 0.15) is 67.1 Å². The van der Waals surface area contributed by atoms with Gasteiger partial charge in [-0.2, -0.15) is 0 Å². The predicted molar refractivity (Wildman–Crippen MR) is 212 cm³/mol. The van der Waals surface area contributed by atoms with E-state index in [1.807, 2.05) is 0 Å². The number of aliphatic hydroxyl groups is 10. The monoisotopic (exact) mass is 874 g/mol. The lowest BCUT2D eigenvalue weighted by Gasteiger charge is -2.61. The van der Waals surface area contributed by atoms with Crippen molar-refractivity contribution in [1.29, 1.82) is 0 Å². The van der Waals surface area contributed by atoms with E-state index >= 15 is 0 Å². The molecule has 4 saturated heterocycles. The van der Waals surface area contributed by atoms with Crippen molar-refractivity contribution < 1.29 is 84.2 Å². The Balaban J connectivity index is 0.822. The third-order valence-electron chi connectivity index (χ3n) is 17.4. The number of hydrogen-bond acceptors (Lipinski definition) is 17. The largest absolute Gasteiger partial charge is 0.394 e. The lowest BCUT2D eigenvalue weighted by molar-refractivity contribution is -0.354. The van der Waals surface area contributed by atoms with Crippen LogP contribution < -0.4 is 0 Å². The topological polar surface area (TPSA) is 267 Å². The summed E-state index contributed by atoms with van der Waals surface area (Å²) in [6, 6.07) is 0. The van der Waals surface area contributed by atoms with Crippen molar-refractivity contribution in [3.63, 3.8) is 0 Å². The van der Waals surface area contributed by atoms with Crippen LogP contribution >= 0.6 is 0 Å². The second-order valence-electron chi connectivity index (χ2n) is 20.8. The Morgan fingerprint density at radius 3 is 2.08 bits per heavy atom. The Morgan fingerprint density at radius 1 is 0.656 bits per heavy atom. The molecule has 0 aromatic heterocycles. The molecular weight excluding hydrogens is 800 g/mol. The number of hydrogen-bond donors (Lipinski definition) is 10. The zero-order valence-corrected chi connectivity index (χ0v) is 36.1. The van der Waals surface area contributed by atoms with Gasteiger partial charge < -0.3 is 84.2 Å². The predicted octanol–water partition coefficient (Wildman–Crippen LogP) is -0.460. The highest BCUT2D eigenvalue weighted by Crippen LogP contribution is 2.70. The molecule has 8 aliphatic rings. The minimum absolute atomic E-state index is 0.140. The number of rotatable bonds is 12. The van der Waals surface area contributed by atoms with Crippen LogP contribution in [0.3, 0.4) is 0 Å². The fourth-order valence-corrected chi connectivity index (χ4v) is 13.9. The van der Waals surface area contributed by atoms with Crippen molar-refractivity contribution in [1.82, 2.24) is 0 Å². The standard InChI is InChI=1S/C44H74O17/c1-19(17-55-40-37(53)34(50)33(49)29(15-45)59-40)5-8-27-20(2)31-28(58-27)14-25-23-7-6-21-13-22(9-11-43(21,3)24(23)10-12-44(25,31)4)57-42-38(54)35(51)39(30(16-46)60-42)61-41-36(52)32(48)26(47)18-56-41/h19-42,45-54H,5-18H2,1-4H3/t19-,20-,21?,22+,23-,24+,25+,26-,27?,28+,29-,30-,31+,32+,33-,34+,35-,36-,37-,38-,39-,40-,41+,42-,43+,44+/m1/s1. The van der Waals surface area contributed by atoms with Gasteiger partial charge in [-0.1, -0.05) is 27.7 Å². The van der Waals surface area contributed by atoms with Gasteiger partial charge in [-0.3, -0.25) is 0 Å². The van der Waals surface area contributed by atoms with Gasteiger partial charge in [-0.15, -0.1) is 0 Å². The Bertz CT molecular complexity index is 1460. The molecule has 8 rings (SSSR count). The summed E-state index contributed by atoms with van der Waals surface area (Å²) in [5.41, 5.74) is 0.367. The fraction of sp³-hybridized carbons (Fsp3) is 1.00. The molecule has 0 amide bonds. The van der Waals surface area contributed by atoms with Gasteiger partial charge in [0.05, 0.1) is 44.7 Å². The summed E-state index contributed by atoms with van der Waals surface area (Å²) in [7, 11) is 0. The average molecular weight is 875 g/mol. The third kappa shape index (κ3) is 8.51. The van der Waals surface area contributed by atoms with Crippen LogP contribution in [-0.2, 0) is 33.2 Å². The molecule has 10 N–H and O–H groups in total. The number of aliphatic hydroxyl groups excluding tert-OH is 10. The van der Waals surface area contributed by atoms with Gasteiger partial charge in [0.2, 0.25) is 0 Å². The minimum Gasteiger partial charge on any atom is -0.394 e. The summed E-state index contributed by atoms with van der Waals surface area (Å²) < 4.78 is 41.7. The van der Waals surface area contributed by atoms with E-state index in [-0.39, 0.29) is 41.7 Å². The van der Waals surface area contributed by atoms with E-state index in [4.69, 9.17) is 33.2 Å². The molecule has 0 radical (unpaired) electrons. The van der Waals surface area contributed by atoms with E-state index in [1.54, 1.807) is 0 Å². The molecule has 8 fully saturated rings. The van der Waals surface area contributed by atoms with E-state index in [1.165, 1.54) is 12.8 Å². The highest BCUT2D eigenvalue weighted by atomic mass is 16.7. The second kappa shape index (κ2) is 18.5. The van der Waals surface area contributed by atoms with Gasteiger partial charge in [0, 0.05) is 0 Å². The maximum Gasteiger partial charge on any atom is 0.186 e. The van der Waals surface area contributed by atoms with Crippen molar-refractivity contribution in [2.24, 2.45) is 52.3 Å². The molecule has 0 spiro atoms. The smallest absolute Gasteiger partial charge is 0.186 e. The number of fused-ring (bicyclic) bond motifs is 7. The minimum atomic E-state index is -1.61. The van der Waals surface area contributed by atoms with Crippen LogP contribution in [0.15, 0.2) is 0 Å². The fourth-order valence-electron chi connectivity index (χ4n) is 13.9. The van der Waals surface area contributed by atoms with Crippen LogP contribution in [0.1, 0.15) is 91.9 Å². The molecule has 17 nitrogen and oxygen atoms in total. The lowest BCUT2D eigenvalue weighted by Crippen LogP contribution is -2.63. The first-order valence-corrected chi connectivity index (χ1v) is 23.2. The Kier molecular flexibility index (Phi) is 14.2. The van der Waals surface area contributed by atoms with Crippen molar-refractivity contribution in [3.05, 3.63) is 0 Å². The summed E-state index contributed by atoms with van der Waals surface area (Å²) in [5.74, 6) is 3.34. The van der Waals surface area contributed by atoms with Crippen molar-refractivity contribution in [2.45, 2.75) is 196 Å². The average Bonchev–Trinajstić information content (AvgIpc) is 3.73. The molecule has 4 aliphatic carbocycles. The second-order valence-corrected chi connectivity index (χ2v) is 20.8. The molecule has 2 unspecified atom stereocenters. The summed E-state index contributed by atoms with van der Waals surface area (Å²) in [6.45, 7) is 8.42. The third-order valence-corrected chi connectivity index (χ3v) is 17.4. The molecule has 4 saturated carbocycles. The van der Waals surface area contributed by atoms with Crippen LogP contribution in [-0.4, -0.2) is 182 Å². The molecule has 4 heterocycles. The molecule has 352 valence electrons. The first kappa shape index (κ1) is 46.8. The van der Waals surface area contributed by atoms with E-state index in [9.17, 15) is 51.1 Å². The summed E-state index contributed by atoms with van der Waals surface area (Å²) in [6.07, 6.45) is -8.63. The van der Waals surface area contributed by atoms with Crippen LogP contribution in [0.25, 0.3) is 0 Å². The maximum absolute atomic E-state index is 11.1. The van der Waals surface area contributed by atoms with Gasteiger partial charge in [-0.25, -0.2) is 0 Å². The molecule has 0 bridgehead atoms. The van der Waals surface area contributed by atoms with Gasteiger partial charge in [-0.05, 0) is 116 Å². The van der Waals surface area contributed by atoms with Crippen molar-refractivity contribution in [2.75, 3.05) is 26.4 Å². The van der Waals surface area contributed by atoms with Crippen LogP contribution in [0.4, 0.5) is 0 Å². The maximum atomic E-state index is 11.1. The highest BCUT2D eigenvalue weighted by Gasteiger charge is 2.66. The Labute approximate surface area is 358 Å². The Morgan fingerprint density at radius 2 is 1.34 bits per heavy atom. The zero-order chi connectivity index (χ0) is 43.7. The van der Waals surface area contributed by atoms with Crippen LogP contribution in [0.5, 0.6) is 0 Å². The molecule has 4 aliphatic heterocycles. The SMILES string of the molecule is C[C@H](CCC1O[C@H]2C[C@H]3[C@@H]4CCC5C[C@@H](O[C@@H]6O[C@H](CO)[C@@H](O[C@@H]7OC[C@@H](O)[C@H](O)[C@H]7O)[C@H](O)[C@H]6O)CC[C@]5(C)[C@H]4CC[C@]3(C)[C@H]2[C@@H]1C)CO[C@@H]1O[C@H](CO)[C@@H](O)[C@H](O)[C@H]1O. The van der Waals surface area contributed by atoms with Crippen LogP contribution in [0, 0.1) is 52.3 Å². The summed E-state index contributed by atoms with van der Waals surface area (Å²) in [5, 5.41) is 103. The number of ether oxygens (including phenoxy) is 7. The van der Waals surface area contributed by atoms with Gasteiger partial charge >= 0.3 is 0 Å². The van der Waals surface area contributed by atoms with Crippen LogP contribution in [0.2, 0.25) is 0 Å². The van der Waals surface area contributed by atoms with E-state index < -0.39 is 99.2 Å². The zero-order valence-electron chi connectivity index (χ0n) is 36.1. The molecule has 61 heavy (non-hydrogen) atoms. The quantitative estimate of drug-likeness (QED) is 0.111. The van der Waals surface area contributed by atoms with E-state index in [0.29, 0.717) is 42.1 Å². The van der Waals surface area contributed by atoms with E-state index in [0.717, 1.165) is 51.4 Å². The summed E-state index contributed by atoms with van der Waals surface area (Å²) >= 11 is 0. The van der Waals surface area contributed by atoms with Gasteiger partial charge in [0.15, 0.2) is 18.9 Å². The normalized spacial score (nSPS) is 55.3. The van der Waals surface area contributed by atoms with Gasteiger partial charge in [0.25, 0.3) is 0 Å². The summed E-state index contributed by atoms with van der Waals surface area (Å²) in [4.78, 5) is 0. The van der Waals surface area contributed by atoms with Crippen molar-refractivity contribution in [3.8, 4) is 0 Å². The molecule has 0 aromatic carbocycles. The molecule has 26 atom stereocenters. The first-order valence-electron chi connectivity index (χ1n) is 23.2. The van der Waals surface area contributed by atoms with Crippen molar-refractivity contribution >= 4 is 0 Å². The Hall–Kier alpha value is -0.680. The molecular formula is C44H74O17. The lowest BCUT2D eigenvalue weighted by atomic mass is 9.44. The first-order chi connectivity index (χ1) is 29.0. The molecule has 0 aromatic rings. The van der Waals surface area contributed by atoms with E-state index in [2.05, 4.69) is 27.7 Å². The highest BCUT2D eigenvalue weighted by molar-refractivity contribution is 5.14. The molecule has 17 heteroatoms.